The Kier molecular flexibility index (Phi) is 3.03. The first-order valence-corrected chi connectivity index (χ1v) is 5.38. The lowest BCUT2D eigenvalue weighted by molar-refractivity contribution is -0.144. The van der Waals surface area contributed by atoms with Gasteiger partial charge in [0.1, 0.15) is 0 Å². The van der Waals surface area contributed by atoms with E-state index in [1.165, 1.54) is 0 Å². The average molecular weight is 198 g/mol. The fourth-order valence-corrected chi connectivity index (χ4v) is 2.10. The Bertz CT molecular complexity index is 208. The maximum Gasteiger partial charge on any atom is 0.225 e. The van der Waals surface area contributed by atoms with Crippen LogP contribution >= 0.6 is 0 Å². The van der Waals surface area contributed by atoms with Crippen LogP contribution in [0.1, 0.15) is 12.8 Å². The highest BCUT2D eigenvalue weighted by Crippen LogP contribution is 2.22. The van der Waals surface area contributed by atoms with Crippen molar-refractivity contribution in [3.05, 3.63) is 0 Å². The molecule has 2 aliphatic rings. The highest BCUT2D eigenvalue weighted by molar-refractivity contribution is 5.79. The quantitative estimate of drug-likeness (QED) is 0.670. The van der Waals surface area contributed by atoms with Crippen LogP contribution in [-0.4, -0.2) is 43.7 Å². The van der Waals surface area contributed by atoms with Gasteiger partial charge in [0.15, 0.2) is 0 Å². The lowest BCUT2D eigenvalue weighted by atomic mass is 9.93. The summed E-state index contributed by atoms with van der Waals surface area (Å²) < 4.78 is 5.23. The molecule has 0 aromatic heterocycles. The van der Waals surface area contributed by atoms with Gasteiger partial charge in [-0.15, -0.1) is 0 Å². The molecule has 0 atom stereocenters. The van der Waals surface area contributed by atoms with Crippen LogP contribution in [0.5, 0.6) is 0 Å². The Morgan fingerprint density at radius 1 is 1.36 bits per heavy atom. The van der Waals surface area contributed by atoms with E-state index in [1.54, 1.807) is 0 Å². The number of likely N-dealkylation sites (tertiary alicyclic amines) is 1. The number of amides is 1. The van der Waals surface area contributed by atoms with Crippen molar-refractivity contribution in [2.75, 3.05) is 32.8 Å². The molecular weight excluding hydrogens is 180 g/mol. The van der Waals surface area contributed by atoms with Crippen LogP contribution in [0.3, 0.4) is 0 Å². The second-order valence-corrected chi connectivity index (χ2v) is 4.23. The molecule has 0 radical (unpaired) electrons. The van der Waals surface area contributed by atoms with E-state index in [-0.39, 0.29) is 5.92 Å². The van der Waals surface area contributed by atoms with Crippen LogP contribution in [-0.2, 0) is 9.53 Å². The Labute approximate surface area is 84.4 Å². The van der Waals surface area contributed by atoms with Gasteiger partial charge in [-0.1, -0.05) is 0 Å². The number of carbonyl (C=O) groups is 1. The van der Waals surface area contributed by atoms with Gasteiger partial charge in [0, 0.05) is 38.1 Å². The predicted molar refractivity (Wildman–Crippen MR) is 52.7 cm³/mol. The molecule has 0 bridgehead atoms. The number of rotatable bonds is 2. The minimum absolute atomic E-state index is 0.211. The van der Waals surface area contributed by atoms with E-state index in [9.17, 15) is 4.79 Å². The SMILES string of the molecule is NCC1CN(C(=O)C2CCOCC2)C1. The van der Waals surface area contributed by atoms with Crippen LogP contribution in [0.25, 0.3) is 0 Å². The first-order valence-electron chi connectivity index (χ1n) is 5.38. The molecule has 4 nitrogen and oxygen atoms in total. The van der Waals surface area contributed by atoms with Gasteiger partial charge in [-0.2, -0.15) is 0 Å². The van der Waals surface area contributed by atoms with E-state index in [0.717, 1.165) is 39.1 Å². The number of hydrogen-bond acceptors (Lipinski definition) is 3. The summed E-state index contributed by atoms with van der Waals surface area (Å²) in [4.78, 5) is 13.8. The van der Waals surface area contributed by atoms with Gasteiger partial charge in [0.2, 0.25) is 5.91 Å². The Hall–Kier alpha value is -0.610. The van der Waals surface area contributed by atoms with Gasteiger partial charge in [0.25, 0.3) is 0 Å². The highest BCUT2D eigenvalue weighted by atomic mass is 16.5. The molecular formula is C10H18N2O2. The zero-order chi connectivity index (χ0) is 9.97. The summed E-state index contributed by atoms with van der Waals surface area (Å²) in [6.45, 7) is 3.92. The van der Waals surface area contributed by atoms with Gasteiger partial charge >= 0.3 is 0 Å². The van der Waals surface area contributed by atoms with E-state index in [4.69, 9.17) is 10.5 Å². The molecule has 2 saturated heterocycles. The maximum absolute atomic E-state index is 11.9. The van der Waals surface area contributed by atoms with Crippen LogP contribution in [0.4, 0.5) is 0 Å². The highest BCUT2D eigenvalue weighted by Gasteiger charge is 2.34. The summed E-state index contributed by atoms with van der Waals surface area (Å²) >= 11 is 0. The van der Waals surface area contributed by atoms with Crippen molar-refractivity contribution in [2.45, 2.75) is 12.8 Å². The smallest absolute Gasteiger partial charge is 0.225 e. The van der Waals surface area contributed by atoms with E-state index in [2.05, 4.69) is 0 Å². The molecule has 0 aliphatic carbocycles. The minimum atomic E-state index is 0.211. The summed E-state index contributed by atoms with van der Waals surface area (Å²) in [6.07, 6.45) is 1.78. The molecule has 2 fully saturated rings. The van der Waals surface area contributed by atoms with Gasteiger partial charge in [-0.25, -0.2) is 0 Å². The van der Waals surface area contributed by atoms with Crippen LogP contribution < -0.4 is 5.73 Å². The van der Waals surface area contributed by atoms with Crippen molar-refractivity contribution in [3.8, 4) is 0 Å². The maximum atomic E-state index is 11.9. The van der Waals surface area contributed by atoms with Crippen molar-refractivity contribution in [2.24, 2.45) is 17.6 Å². The summed E-state index contributed by atoms with van der Waals surface area (Å²) in [5.74, 6) is 1.07. The summed E-state index contributed by atoms with van der Waals surface area (Å²) in [5, 5.41) is 0. The van der Waals surface area contributed by atoms with Gasteiger partial charge in [0.05, 0.1) is 0 Å². The van der Waals surface area contributed by atoms with Gasteiger partial charge in [-0.05, 0) is 19.4 Å². The second-order valence-electron chi connectivity index (χ2n) is 4.23. The first-order chi connectivity index (χ1) is 6.81. The van der Waals surface area contributed by atoms with Gasteiger partial charge < -0.3 is 15.4 Å². The fraction of sp³-hybridized carbons (Fsp3) is 0.900. The Morgan fingerprint density at radius 3 is 2.57 bits per heavy atom. The summed E-state index contributed by atoms with van der Waals surface area (Å²) in [6, 6.07) is 0. The van der Waals surface area contributed by atoms with Gasteiger partial charge in [-0.3, -0.25) is 4.79 Å². The van der Waals surface area contributed by atoms with Crippen LogP contribution in [0.2, 0.25) is 0 Å². The monoisotopic (exact) mass is 198 g/mol. The molecule has 14 heavy (non-hydrogen) atoms. The molecule has 2 N–H and O–H groups in total. The molecule has 0 saturated carbocycles. The molecule has 0 aromatic carbocycles. The second kappa shape index (κ2) is 4.28. The van der Waals surface area contributed by atoms with Crippen LogP contribution in [0.15, 0.2) is 0 Å². The average Bonchev–Trinajstić information content (AvgIpc) is 2.17. The standard InChI is InChI=1S/C10H18N2O2/c11-5-8-6-12(7-8)10(13)9-1-3-14-4-2-9/h8-9H,1-7,11H2. The number of nitrogens with two attached hydrogens (primary N) is 1. The zero-order valence-electron chi connectivity index (χ0n) is 8.45. The van der Waals surface area contributed by atoms with E-state index in [0.29, 0.717) is 18.4 Å². The van der Waals surface area contributed by atoms with E-state index >= 15 is 0 Å². The zero-order valence-corrected chi connectivity index (χ0v) is 8.45. The Morgan fingerprint density at radius 2 is 2.00 bits per heavy atom. The third-order valence-corrected chi connectivity index (χ3v) is 3.17. The molecule has 0 aromatic rings. The molecule has 4 heteroatoms. The molecule has 2 heterocycles. The van der Waals surface area contributed by atoms with E-state index < -0.39 is 0 Å². The molecule has 0 spiro atoms. The molecule has 0 unspecified atom stereocenters. The lowest BCUT2D eigenvalue weighted by Gasteiger charge is -2.41. The molecule has 80 valence electrons. The van der Waals surface area contributed by atoms with E-state index in [1.807, 2.05) is 4.90 Å². The largest absolute Gasteiger partial charge is 0.381 e. The normalized spacial score (nSPS) is 24.8. The molecule has 2 aliphatic heterocycles. The third-order valence-electron chi connectivity index (χ3n) is 3.17. The predicted octanol–water partition coefficient (Wildman–Crippen LogP) is -0.170. The van der Waals surface area contributed by atoms with Crippen molar-refractivity contribution in [1.82, 2.24) is 4.90 Å². The molecule has 2 rings (SSSR count). The number of hydrogen-bond donors (Lipinski definition) is 1. The van der Waals surface area contributed by atoms with Crippen molar-refractivity contribution >= 4 is 5.91 Å². The van der Waals surface area contributed by atoms with Crippen molar-refractivity contribution in [3.63, 3.8) is 0 Å². The van der Waals surface area contributed by atoms with Crippen molar-refractivity contribution in [1.29, 1.82) is 0 Å². The first kappa shape index (κ1) is 9.93. The lowest BCUT2D eigenvalue weighted by Crippen LogP contribution is -2.54. The topological polar surface area (TPSA) is 55.6 Å². The van der Waals surface area contributed by atoms with Crippen molar-refractivity contribution < 1.29 is 9.53 Å². The van der Waals surface area contributed by atoms with Crippen LogP contribution in [0, 0.1) is 11.8 Å². The number of nitrogens with zero attached hydrogens (tertiary/aromatic N) is 1. The number of carbonyl (C=O) groups excluding carboxylic acids is 1. The summed E-state index contributed by atoms with van der Waals surface area (Å²) in [7, 11) is 0. The molecule has 1 amide bonds. The fourth-order valence-electron chi connectivity index (χ4n) is 2.10. The minimum Gasteiger partial charge on any atom is -0.381 e. The third kappa shape index (κ3) is 1.91. The Balaban J connectivity index is 1.78. The summed E-state index contributed by atoms with van der Waals surface area (Å²) in [5.41, 5.74) is 5.52. The number of ether oxygens (including phenoxy) is 1.